The number of benzene rings is 2. The molecule has 0 saturated carbocycles. The number of amides is 1. The van der Waals surface area contributed by atoms with Gasteiger partial charge >= 0.3 is 5.97 Å². The van der Waals surface area contributed by atoms with Crippen LogP contribution in [0.25, 0.3) is 0 Å². The number of nitriles is 1. The minimum absolute atomic E-state index is 0.144. The Morgan fingerprint density at radius 1 is 1.15 bits per heavy atom. The summed E-state index contributed by atoms with van der Waals surface area (Å²) in [6.45, 7) is 1.85. The Balaban J connectivity index is 2.05. The van der Waals surface area contributed by atoms with Crippen LogP contribution < -0.4 is 15.4 Å². The van der Waals surface area contributed by atoms with E-state index in [1.165, 1.54) is 13.3 Å². The summed E-state index contributed by atoms with van der Waals surface area (Å²) < 4.78 is 9.98. The molecule has 0 radical (unpaired) electrons. The van der Waals surface area contributed by atoms with Crippen molar-refractivity contribution >= 4 is 23.3 Å². The van der Waals surface area contributed by atoms with Gasteiger partial charge in [0.2, 0.25) is 0 Å². The number of para-hydroxylation sites is 2. The molecule has 2 rings (SSSR count). The molecular formula is C20H19N3O4. The molecule has 7 heteroatoms. The first-order valence-electron chi connectivity index (χ1n) is 8.17. The molecule has 0 aliphatic carbocycles. The molecule has 0 fully saturated rings. The Bertz CT molecular complexity index is 883. The Labute approximate surface area is 157 Å². The molecule has 0 heterocycles. The number of rotatable bonds is 7. The Morgan fingerprint density at radius 2 is 1.85 bits per heavy atom. The second-order valence-corrected chi connectivity index (χ2v) is 5.27. The number of esters is 1. The molecule has 0 saturated heterocycles. The lowest BCUT2D eigenvalue weighted by Crippen LogP contribution is -2.12. The van der Waals surface area contributed by atoms with Gasteiger partial charge in [-0.2, -0.15) is 5.26 Å². The molecule has 2 aromatic carbocycles. The van der Waals surface area contributed by atoms with Gasteiger partial charge in [-0.05, 0) is 43.3 Å². The molecule has 2 N–H and O–H groups in total. The van der Waals surface area contributed by atoms with Crippen molar-refractivity contribution in [2.75, 3.05) is 24.4 Å². The molecule has 2 aromatic rings. The third-order valence-electron chi connectivity index (χ3n) is 3.50. The van der Waals surface area contributed by atoms with E-state index in [1.54, 1.807) is 55.5 Å². The fourth-order valence-corrected chi connectivity index (χ4v) is 2.16. The van der Waals surface area contributed by atoms with E-state index in [2.05, 4.69) is 10.6 Å². The maximum Gasteiger partial charge on any atom is 0.350 e. The molecule has 27 heavy (non-hydrogen) atoms. The van der Waals surface area contributed by atoms with Crippen molar-refractivity contribution in [3.63, 3.8) is 0 Å². The number of nitrogens with zero attached hydrogens (tertiary/aromatic N) is 1. The number of carbonyl (C=O) groups is 2. The average molecular weight is 365 g/mol. The Kier molecular flexibility index (Phi) is 6.97. The zero-order valence-electron chi connectivity index (χ0n) is 15.0. The van der Waals surface area contributed by atoms with Crippen molar-refractivity contribution in [2.45, 2.75) is 6.92 Å². The van der Waals surface area contributed by atoms with E-state index in [9.17, 15) is 9.59 Å². The quantitative estimate of drug-likeness (QED) is 0.443. The predicted octanol–water partition coefficient (Wildman–Crippen LogP) is 3.33. The summed E-state index contributed by atoms with van der Waals surface area (Å²) in [5.74, 6) is -0.414. The van der Waals surface area contributed by atoms with E-state index in [1.807, 2.05) is 6.07 Å². The number of hydrogen-bond donors (Lipinski definition) is 2. The number of methoxy groups -OCH3 is 1. The zero-order chi connectivity index (χ0) is 19.6. The lowest BCUT2D eigenvalue weighted by atomic mass is 10.2. The highest BCUT2D eigenvalue weighted by molar-refractivity contribution is 6.05. The van der Waals surface area contributed by atoms with Crippen LogP contribution in [-0.4, -0.2) is 25.6 Å². The summed E-state index contributed by atoms with van der Waals surface area (Å²) in [6.07, 6.45) is 1.27. The lowest BCUT2D eigenvalue weighted by Gasteiger charge is -2.10. The maximum atomic E-state index is 12.4. The van der Waals surface area contributed by atoms with Gasteiger partial charge in [0.1, 0.15) is 11.8 Å². The lowest BCUT2D eigenvalue weighted by molar-refractivity contribution is -0.138. The van der Waals surface area contributed by atoms with E-state index in [0.29, 0.717) is 22.7 Å². The minimum atomic E-state index is -0.694. The largest absolute Gasteiger partial charge is 0.495 e. The minimum Gasteiger partial charge on any atom is -0.495 e. The van der Waals surface area contributed by atoms with Crippen LogP contribution in [0, 0.1) is 11.3 Å². The summed E-state index contributed by atoms with van der Waals surface area (Å²) >= 11 is 0. The fourth-order valence-electron chi connectivity index (χ4n) is 2.16. The number of anilines is 2. The van der Waals surface area contributed by atoms with Gasteiger partial charge in [0.15, 0.2) is 5.57 Å². The van der Waals surface area contributed by atoms with Crippen LogP contribution in [0.5, 0.6) is 5.75 Å². The summed E-state index contributed by atoms with van der Waals surface area (Å²) in [5, 5.41) is 14.6. The van der Waals surface area contributed by atoms with E-state index >= 15 is 0 Å². The third kappa shape index (κ3) is 5.34. The van der Waals surface area contributed by atoms with Crippen molar-refractivity contribution in [3.8, 4) is 11.8 Å². The second kappa shape index (κ2) is 9.63. The maximum absolute atomic E-state index is 12.4. The van der Waals surface area contributed by atoms with E-state index in [4.69, 9.17) is 14.7 Å². The van der Waals surface area contributed by atoms with Crippen molar-refractivity contribution in [3.05, 3.63) is 65.9 Å². The average Bonchev–Trinajstić information content (AvgIpc) is 2.69. The molecule has 0 aliphatic heterocycles. The standard InChI is InChI=1S/C20H19N3O4/c1-3-27-20(25)15(12-21)13-22-16-10-8-14(9-11-16)19(24)23-17-6-4-5-7-18(17)26-2/h4-11,13,22H,3H2,1-2H3,(H,23,24)/b15-13+. The number of ether oxygens (including phenoxy) is 2. The summed E-state index contributed by atoms with van der Waals surface area (Å²) in [5.41, 5.74) is 1.49. The van der Waals surface area contributed by atoms with Crippen LogP contribution >= 0.6 is 0 Å². The van der Waals surface area contributed by atoms with Crippen molar-refractivity contribution in [2.24, 2.45) is 0 Å². The molecule has 1 amide bonds. The monoisotopic (exact) mass is 365 g/mol. The molecular weight excluding hydrogens is 346 g/mol. The van der Waals surface area contributed by atoms with Crippen LogP contribution in [0.15, 0.2) is 60.3 Å². The van der Waals surface area contributed by atoms with Gasteiger partial charge in [0.05, 0.1) is 19.4 Å². The molecule has 0 unspecified atom stereocenters. The van der Waals surface area contributed by atoms with E-state index < -0.39 is 5.97 Å². The molecule has 0 atom stereocenters. The first-order valence-corrected chi connectivity index (χ1v) is 8.17. The van der Waals surface area contributed by atoms with Crippen molar-refractivity contribution < 1.29 is 19.1 Å². The zero-order valence-corrected chi connectivity index (χ0v) is 15.0. The van der Waals surface area contributed by atoms with Gasteiger partial charge < -0.3 is 20.1 Å². The molecule has 0 bridgehead atoms. The molecule has 138 valence electrons. The number of hydrogen-bond acceptors (Lipinski definition) is 6. The van der Waals surface area contributed by atoms with Crippen LogP contribution in [0.4, 0.5) is 11.4 Å². The van der Waals surface area contributed by atoms with Crippen LogP contribution in [0.1, 0.15) is 17.3 Å². The SMILES string of the molecule is CCOC(=O)/C(C#N)=C/Nc1ccc(C(=O)Nc2ccccc2OC)cc1. The normalized spacial score (nSPS) is 10.5. The summed E-state index contributed by atoms with van der Waals surface area (Å²) in [6, 6.07) is 15.5. The van der Waals surface area contributed by atoms with Gasteiger partial charge in [-0.1, -0.05) is 12.1 Å². The first-order chi connectivity index (χ1) is 13.1. The van der Waals surface area contributed by atoms with Crippen LogP contribution in [-0.2, 0) is 9.53 Å². The Morgan fingerprint density at radius 3 is 2.48 bits per heavy atom. The smallest absolute Gasteiger partial charge is 0.350 e. The van der Waals surface area contributed by atoms with E-state index in [0.717, 1.165) is 0 Å². The highest BCUT2D eigenvalue weighted by atomic mass is 16.5. The van der Waals surface area contributed by atoms with Crippen molar-refractivity contribution in [1.29, 1.82) is 5.26 Å². The number of carbonyl (C=O) groups excluding carboxylic acids is 2. The molecule has 0 aromatic heterocycles. The van der Waals surface area contributed by atoms with E-state index in [-0.39, 0.29) is 18.1 Å². The van der Waals surface area contributed by atoms with Gasteiger partial charge in [-0.15, -0.1) is 0 Å². The second-order valence-electron chi connectivity index (χ2n) is 5.27. The summed E-state index contributed by atoms with van der Waals surface area (Å²) in [7, 11) is 1.53. The molecule has 0 aliphatic rings. The van der Waals surface area contributed by atoms with Gasteiger partial charge in [-0.25, -0.2) is 4.79 Å². The first kappa shape index (κ1) is 19.5. The predicted molar refractivity (Wildman–Crippen MR) is 101 cm³/mol. The highest BCUT2D eigenvalue weighted by Crippen LogP contribution is 2.23. The van der Waals surface area contributed by atoms with Gasteiger partial charge in [0, 0.05) is 17.5 Å². The van der Waals surface area contributed by atoms with Gasteiger partial charge in [0.25, 0.3) is 5.91 Å². The fraction of sp³-hybridized carbons (Fsp3) is 0.150. The topological polar surface area (TPSA) is 100 Å². The Hall–Kier alpha value is -3.79. The van der Waals surface area contributed by atoms with Gasteiger partial charge in [-0.3, -0.25) is 4.79 Å². The van der Waals surface area contributed by atoms with Crippen LogP contribution in [0.2, 0.25) is 0 Å². The molecule has 7 nitrogen and oxygen atoms in total. The summed E-state index contributed by atoms with van der Waals surface area (Å²) in [4.78, 5) is 23.9. The molecule has 0 spiro atoms. The van der Waals surface area contributed by atoms with Crippen molar-refractivity contribution in [1.82, 2.24) is 0 Å². The number of nitrogens with one attached hydrogen (secondary N) is 2. The third-order valence-corrected chi connectivity index (χ3v) is 3.50. The van der Waals surface area contributed by atoms with Crippen LogP contribution in [0.3, 0.4) is 0 Å². The highest BCUT2D eigenvalue weighted by Gasteiger charge is 2.10.